The molecule has 6 atom stereocenters. The molecule has 7 amide bonds. The van der Waals surface area contributed by atoms with E-state index in [1.807, 2.05) is 52.0 Å². The third kappa shape index (κ3) is 15.1. The molecule has 1 fully saturated rings. The van der Waals surface area contributed by atoms with Gasteiger partial charge in [-0.05, 0) is 75.3 Å². The number of nitrogens with two attached hydrogens (primary N) is 2. The van der Waals surface area contributed by atoms with Crippen LogP contribution in [-0.4, -0.2) is 119 Å². The Labute approximate surface area is 345 Å². The SMILES string of the molecule is CC(C)C[C@@H]1NC(=O)[C@H](C)NC(=O)[C@H](NC(=O)N[C@@H](CCCN=C(N)N)C(=O)O)CCCCNC(=O)[C@H](Cc2c[nH]c3ccccc23)NC(=O)[C@H](CC(C)C)N(C)C1=O. The molecule has 0 radical (unpaired) electrons. The summed E-state index contributed by atoms with van der Waals surface area (Å²) in [7, 11) is 1.50. The van der Waals surface area contributed by atoms with E-state index in [4.69, 9.17) is 11.5 Å². The lowest BCUT2D eigenvalue weighted by atomic mass is 9.97. The number of likely N-dealkylation sites (N-methyl/N-ethyl adjacent to an activating group) is 1. The largest absolute Gasteiger partial charge is 0.480 e. The van der Waals surface area contributed by atoms with Crippen molar-refractivity contribution in [2.75, 3.05) is 20.1 Å². The van der Waals surface area contributed by atoms with Crippen molar-refractivity contribution in [3.8, 4) is 0 Å². The molecule has 0 aliphatic carbocycles. The van der Waals surface area contributed by atoms with Crippen molar-refractivity contribution in [2.45, 2.75) is 122 Å². The average Bonchev–Trinajstić information content (AvgIpc) is 3.57. The number of rotatable bonds is 13. The van der Waals surface area contributed by atoms with Crippen LogP contribution in [0.4, 0.5) is 4.79 Å². The van der Waals surface area contributed by atoms with Crippen molar-refractivity contribution >= 4 is 58.4 Å². The van der Waals surface area contributed by atoms with Crippen LogP contribution in [0.2, 0.25) is 0 Å². The highest BCUT2D eigenvalue weighted by Gasteiger charge is 2.36. The fourth-order valence-electron chi connectivity index (χ4n) is 6.85. The second-order valence-electron chi connectivity index (χ2n) is 15.9. The Morgan fingerprint density at radius 3 is 2.25 bits per heavy atom. The van der Waals surface area contributed by atoms with Gasteiger partial charge in [0.05, 0.1) is 0 Å². The van der Waals surface area contributed by atoms with E-state index in [-0.39, 0.29) is 69.4 Å². The summed E-state index contributed by atoms with van der Waals surface area (Å²) >= 11 is 0. The fourth-order valence-corrected chi connectivity index (χ4v) is 6.85. The number of fused-ring (bicyclic) bond motifs is 1. The Morgan fingerprint density at radius 1 is 0.915 bits per heavy atom. The lowest BCUT2D eigenvalue weighted by Crippen LogP contribution is -2.59. The summed E-state index contributed by atoms with van der Waals surface area (Å²) in [6, 6.07) is -0.118. The van der Waals surface area contributed by atoms with Crippen LogP contribution >= 0.6 is 0 Å². The van der Waals surface area contributed by atoms with E-state index < -0.39 is 77.8 Å². The molecule has 326 valence electrons. The fraction of sp³-hybridized carbons (Fsp3) is 0.600. The summed E-state index contributed by atoms with van der Waals surface area (Å²) < 4.78 is 0. The zero-order chi connectivity index (χ0) is 43.8. The van der Waals surface area contributed by atoms with E-state index >= 15 is 0 Å². The van der Waals surface area contributed by atoms with Gasteiger partial charge in [-0.15, -0.1) is 0 Å². The average molecular weight is 826 g/mol. The van der Waals surface area contributed by atoms with Crippen molar-refractivity contribution in [3.63, 3.8) is 0 Å². The maximum atomic E-state index is 14.2. The van der Waals surface area contributed by atoms with Crippen molar-refractivity contribution in [2.24, 2.45) is 28.3 Å². The molecule has 19 nitrogen and oxygen atoms in total. The number of nitrogens with one attached hydrogen (secondary N) is 7. The third-order valence-corrected chi connectivity index (χ3v) is 10.0. The number of aromatic nitrogens is 1. The van der Waals surface area contributed by atoms with Gasteiger partial charge in [0.1, 0.15) is 36.3 Å². The Kier molecular flexibility index (Phi) is 18.4. The molecular weight excluding hydrogens is 763 g/mol. The number of hydrogen-bond acceptors (Lipinski definition) is 8. The molecule has 1 aromatic heterocycles. The zero-order valence-corrected chi connectivity index (χ0v) is 34.9. The number of hydrogen-bond donors (Lipinski definition) is 10. The molecule has 2 aromatic rings. The maximum Gasteiger partial charge on any atom is 0.326 e. The second kappa shape index (κ2) is 22.9. The summed E-state index contributed by atoms with van der Waals surface area (Å²) in [6.07, 6.45) is 3.40. The summed E-state index contributed by atoms with van der Waals surface area (Å²) in [6.45, 7) is 9.33. The summed E-state index contributed by atoms with van der Waals surface area (Å²) in [4.78, 5) is 103. The Bertz CT molecular complexity index is 1810. The molecule has 3 rings (SSSR count). The number of benzene rings is 1. The first kappa shape index (κ1) is 47.5. The van der Waals surface area contributed by atoms with Gasteiger partial charge in [0.15, 0.2) is 5.96 Å². The van der Waals surface area contributed by atoms with Gasteiger partial charge < -0.3 is 58.4 Å². The molecule has 1 saturated heterocycles. The van der Waals surface area contributed by atoms with E-state index in [9.17, 15) is 38.7 Å². The topological polar surface area (TPSA) is 295 Å². The Balaban J connectivity index is 1.94. The Morgan fingerprint density at radius 2 is 1.59 bits per heavy atom. The van der Waals surface area contributed by atoms with E-state index in [2.05, 4.69) is 41.9 Å². The number of carboxylic acids is 1. The predicted molar refractivity (Wildman–Crippen MR) is 223 cm³/mol. The molecule has 2 heterocycles. The van der Waals surface area contributed by atoms with E-state index in [1.165, 1.54) is 18.9 Å². The maximum absolute atomic E-state index is 14.2. The van der Waals surface area contributed by atoms with Gasteiger partial charge in [-0.3, -0.25) is 29.0 Å². The predicted octanol–water partition coefficient (Wildman–Crippen LogP) is 0.579. The Hall–Kier alpha value is -5.88. The standard InChI is InChI=1S/C40H63N11O8/c1-22(2)18-31-37(56)51(6)32(19-23(3)4)36(55)47-30(20-25-21-45-27-13-8-7-12-26(25)27)34(53)43-16-10-9-14-28(35(54)46-24(5)33(52)48-31)49-40(59)50-29(38(57)58)15-11-17-44-39(41)42/h7-8,12-13,21-24,28-32,45H,9-11,14-20H2,1-6H3,(H,43,53)(H,46,54)(H,47,55)(H,48,52)(H,57,58)(H4,41,42,44)(H2,49,50,59)/t24-,28+,29-,30-,31-,32-/m0/s1. The highest BCUT2D eigenvalue weighted by molar-refractivity contribution is 5.96. The number of carbonyl (C=O) groups excluding carboxylic acids is 6. The molecule has 0 unspecified atom stereocenters. The first-order valence-electron chi connectivity index (χ1n) is 20.2. The molecule has 0 spiro atoms. The number of nitrogens with zero attached hydrogens (tertiary/aromatic N) is 2. The second-order valence-corrected chi connectivity index (χ2v) is 15.9. The van der Waals surface area contributed by atoms with Gasteiger partial charge in [0.25, 0.3) is 0 Å². The van der Waals surface area contributed by atoms with Crippen LogP contribution in [0.5, 0.6) is 0 Å². The number of para-hydroxylation sites is 1. The number of aliphatic imine (C=N–C) groups is 1. The van der Waals surface area contributed by atoms with Crippen LogP contribution < -0.4 is 43.4 Å². The van der Waals surface area contributed by atoms with Crippen LogP contribution in [0.1, 0.15) is 85.1 Å². The number of guanidine groups is 1. The highest BCUT2D eigenvalue weighted by Crippen LogP contribution is 2.21. The molecule has 59 heavy (non-hydrogen) atoms. The molecule has 1 aliphatic rings. The lowest BCUT2D eigenvalue weighted by molar-refractivity contribution is -0.143. The number of aromatic amines is 1. The van der Waals surface area contributed by atoms with Gasteiger partial charge in [0.2, 0.25) is 29.5 Å². The number of urea groups is 1. The molecule has 12 N–H and O–H groups in total. The quantitative estimate of drug-likeness (QED) is 0.0761. The van der Waals surface area contributed by atoms with E-state index in [0.29, 0.717) is 12.8 Å². The van der Waals surface area contributed by atoms with Crippen molar-refractivity contribution in [1.29, 1.82) is 0 Å². The van der Waals surface area contributed by atoms with Crippen molar-refractivity contribution < 1.29 is 38.7 Å². The lowest BCUT2D eigenvalue weighted by Gasteiger charge is -2.33. The number of amides is 7. The minimum absolute atomic E-state index is 0.00126. The van der Waals surface area contributed by atoms with Gasteiger partial charge >= 0.3 is 12.0 Å². The summed E-state index contributed by atoms with van der Waals surface area (Å²) in [5, 5.41) is 26.7. The summed E-state index contributed by atoms with van der Waals surface area (Å²) in [5.41, 5.74) is 12.3. The molecule has 0 saturated carbocycles. The van der Waals surface area contributed by atoms with Crippen molar-refractivity contribution in [1.82, 2.24) is 41.8 Å². The minimum atomic E-state index is -1.32. The first-order chi connectivity index (χ1) is 27.9. The molecule has 1 aromatic carbocycles. The number of aliphatic carboxylic acids is 1. The molecule has 0 bridgehead atoms. The molecule has 1 aliphatic heterocycles. The van der Waals surface area contributed by atoms with Crippen molar-refractivity contribution in [3.05, 3.63) is 36.0 Å². The van der Waals surface area contributed by atoms with Gasteiger partial charge in [-0.25, -0.2) is 9.59 Å². The number of carbonyl (C=O) groups is 7. The van der Waals surface area contributed by atoms with Crippen LogP contribution in [0.15, 0.2) is 35.5 Å². The van der Waals surface area contributed by atoms with E-state index in [0.717, 1.165) is 16.5 Å². The number of H-pyrrole nitrogens is 1. The van der Waals surface area contributed by atoms with Crippen LogP contribution in [-0.2, 0) is 35.2 Å². The normalized spacial score (nSPS) is 22.3. The third-order valence-electron chi connectivity index (χ3n) is 10.0. The summed E-state index contributed by atoms with van der Waals surface area (Å²) in [5.74, 6) is -4.43. The highest BCUT2D eigenvalue weighted by atomic mass is 16.4. The van der Waals surface area contributed by atoms with Gasteiger partial charge in [-0.2, -0.15) is 0 Å². The smallest absolute Gasteiger partial charge is 0.326 e. The molecule has 19 heteroatoms. The zero-order valence-electron chi connectivity index (χ0n) is 34.9. The van der Waals surface area contributed by atoms with E-state index in [1.54, 1.807) is 6.20 Å². The van der Waals surface area contributed by atoms with Crippen LogP contribution in [0, 0.1) is 11.8 Å². The van der Waals surface area contributed by atoms with Crippen LogP contribution in [0.25, 0.3) is 10.9 Å². The van der Waals surface area contributed by atoms with Gasteiger partial charge in [0, 0.05) is 43.7 Å². The van der Waals surface area contributed by atoms with Gasteiger partial charge in [-0.1, -0.05) is 45.9 Å². The number of carboxylic acid groups (broad SMARTS) is 1. The molecular formula is C40H63N11O8. The monoisotopic (exact) mass is 825 g/mol. The van der Waals surface area contributed by atoms with Crippen LogP contribution in [0.3, 0.4) is 0 Å². The first-order valence-corrected chi connectivity index (χ1v) is 20.2. The minimum Gasteiger partial charge on any atom is -0.480 e.